The van der Waals surface area contributed by atoms with Gasteiger partial charge in [0.05, 0.1) is 0 Å². The first-order valence-corrected chi connectivity index (χ1v) is 2.15. The molecule has 0 rings (SSSR count). The van der Waals surface area contributed by atoms with Gasteiger partial charge in [0.1, 0.15) is 7.91 Å². The van der Waals surface area contributed by atoms with Crippen molar-refractivity contribution >= 4 is 37.5 Å². The Balaban J connectivity index is -0.0000000800. The fourth-order valence-corrected chi connectivity index (χ4v) is 0. The van der Waals surface area contributed by atoms with Crippen LogP contribution < -0.4 is 9.79 Å². The number of rotatable bonds is 0. The fourth-order valence-electron chi connectivity index (χ4n) is 0. The molecule has 0 saturated heterocycles. The summed E-state index contributed by atoms with van der Waals surface area (Å²) in [6.45, 7) is 0. The minimum Gasteiger partial charge on any atom is -0.786 e. The minimum absolute atomic E-state index is 0. The third kappa shape index (κ3) is 93.1. The molecule has 39 valence electrons. The maximum atomic E-state index is 10.1. The van der Waals surface area contributed by atoms with Crippen LogP contribution in [0.1, 0.15) is 0 Å². The first kappa shape index (κ1) is 15.8. The molecular weight excluding hydrogens is 177 g/mol. The van der Waals surface area contributed by atoms with E-state index in [-0.39, 0.29) is 46.6 Å². The summed E-state index contributed by atoms with van der Waals surface area (Å²) < 4.78 is 18.6. The van der Waals surface area contributed by atoms with E-state index in [0.29, 0.717) is 0 Å². The van der Waals surface area contributed by atoms with Crippen molar-refractivity contribution in [3.05, 3.63) is 0 Å². The van der Waals surface area contributed by atoms with Gasteiger partial charge in [0.15, 0.2) is 0 Å². The van der Waals surface area contributed by atoms with Crippen LogP contribution in [0.15, 0.2) is 0 Å². The van der Waals surface area contributed by atoms with Gasteiger partial charge in [-0.25, -0.2) is 4.20 Å². The van der Waals surface area contributed by atoms with Crippen LogP contribution >= 0.6 is 7.91 Å². The first-order chi connectivity index (χ1) is 2.00. The molecule has 0 fully saturated rings. The van der Waals surface area contributed by atoms with Crippen molar-refractivity contribution in [2.45, 2.75) is 0 Å². The van der Waals surface area contributed by atoms with Gasteiger partial charge >= 0.3 is 17.1 Å². The Hall–Kier alpha value is 1.60. The third-order valence-electron chi connectivity index (χ3n) is 0. The van der Waals surface area contributed by atoms with E-state index in [4.69, 9.17) is 14.4 Å². The molecule has 0 aliphatic carbocycles. The van der Waals surface area contributed by atoms with Crippen LogP contribution in [0.3, 0.4) is 0 Å². The Morgan fingerprint density at radius 2 is 1.43 bits per heavy atom. The summed E-state index contributed by atoms with van der Waals surface area (Å²) in [7, 11) is -5.64. The second kappa shape index (κ2) is 5.73. The van der Waals surface area contributed by atoms with Crippen molar-refractivity contribution in [3.63, 3.8) is 0 Å². The van der Waals surface area contributed by atoms with Crippen LogP contribution in [0.5, 0.6) is 0 Å². The second-order valence-electron chi connectivity index (χ2n) is 0.431. The molecule has 0 bridgehead atoms. The maximum Gasteiger partial charge on any atom is 2.00 e. The van der Waals surface area contributed by atoms with Gasteiger partial charge in [0.2, 0.25) is 0 Å². The summed E-state index contributed by atoms with van der Waals surface area (Å²) in [5, 5.41) is 0. The van der Waals surface area contributed by atoms with Gasteiger partial charge in [-0.3, -0.25) is 0 Å². The van der Waals surface area contributed by atoms with Crippen LogP contribution in [0.2, 0.25) is 0 Å². The molecule has 0 spiro atoms. The van der Waals surface area contributed by atoms with E-state index < -0.39 is 7.91 Å². The normalized spacial score (nSPS) is 8.43. The van der Waals surface area contributed by atoms with Crippen molar-refractivity contribution in [3.8, 4) is 0 Å². The molecule has 7 heavy (non-hydrogen) atoms. The molecule has 0 aliphatic rings. The van der Waals surface area contributed by atoms with E-state index in [9.17, 15) is 4.20 Å². The molecule has 0 atom stereocenters. The Morgan fingerprint density at radius 3 is 1.43 bits per heavy atom. The molecule has 7 heteroatoms. The molecule has 0 aromatic carbocycles. The predicted molar refractivity (Wildman–Crippen MR) is 14.5 cm³/mol. The van der Waals surface area contributed by atoms with Crippen LogP contribution in [-0.2, 0) is 21.6 Å². The van der Waals surface area contributed by atoms with Crippen molar-refractivity contribution < 1.29 is 35.6 Å². The van der Waals surface area contributed by atoms with Gasteiger partial charge in [-0.05, 0) is 0 Å². The molecular formula is FFeNaO3P. The zero-order valence-corrected chi connectivity index (χ0v) is 7.40. The van der Waals surface area contributed by atoms with E-state index >= 15 is 0 Å². The molecule has 0 unspecified atom stereocenters. The zero-order chi connectivity index (χ0) is 4.50. The van der Waals surface area contributed by atoms with Crippen LogP contribution in [0, 0.1) is 0 Å². The average molecular weight is 177 g/mol. The third-order valence-corrected chi connectivity index (χ3v) is 0. The van der Waals surface area contributed by atoms with Crippen molar-refractivity contribution in [2.24, 2.45) is 0 Å². The second-order valence-corrected chi connectivity index (χ2v) is 1.29. The Labute approximate surface area is 72.7 Å². The van der Waals surface area contributed by atoms with Gasteiger partial charge in [-0.1, -0.05) is 0 Å². The monoisotopic (exact) mass is 177 g/mol. The van der Waals surface area contributed by atoms with Crippen molar-refractivity contribution in [1.82, 2.24) is 0 Å². The first-order valence-electron chi connectivity index (χ1n) is 0.717. The molecule has 3 nitrogen and oxygen atoms in total. The Morgan fingerprint density at radius 1 is 1.43 bits per heavy atom. The van der Waals surface area contributed by atoms with Crippen molar-refractivity contribution in [2.75, 3.05) is 0 Å². The van der Waals surface area contributed by atoms with Crippen LogP contribution in [-0.4, -0.2) is 29.6 Å². The number of hydrogen-bond donors (Lipinski definition) is 0. The number of halogens is 1. The van der Waals surface area contributed by atoms with E-state index in [2.05, 4.69) is 0 Å². The largest absolute Gasteiger partial charge is 2.00 e. The molecule has 0 saturated carbocycles. The summed E-state index contributed by atoms with van der Waals surface area (Å²) in [6.07, 6.45) is 0. The van der Waals surface area contributed by atoms with E-state index in [1.54, 1.807) is 0 Å². The standard InChI is InChI=1S/FH2O3P.Fe.Na/c1-5(2,3)4;;/h(H2,2,3,4);;/q;+2;/p-2. The summed E-state index contributed by atoms with van der Waals surface area (Å²) in [4.78, 5) is 16.9. The molecule has 0 aliphatic heterocycles. The quantitative estimate of drug-likeness (QED) is 0.330. The molecule has 1 radical (unpaired) electrons. The van der Waals surface area contributed by atoms with Gasteiger partial charge < -0.3 is 14.4 Å². The molecule has 0 N–H and O–H groups in total. The van der Waals surface area contributed by atoms with Gasteiger partial charge in [-0.2, -0.15) is 0 Å². The van der Waals surface area contributed by atoms with Gasteiger partial charge in [0, 0.05) is 29.6 Å². The summed E-state index contributed by atoms with van der Waals surface area (Å²) in [5.74, 6) is 0. The summed E-state index contributed by atoms with van der Waals surface area (Å²) in [5.41, 5.74) is 0. The fraction of sp³-hybridized carbons (Fsp3) is 0. The Kier molecular flexibility index (Phi) is 13.0. The smallest absolute Gasteiger partial charge is 0.786 e. The van der Waals surface area contributed by atoms with Crippen LogP contribution in [0.25, 0.3) is 0 Å². The molecule has 0 heterocycles. The Bertz CT molecular complexity index is 61.1. The van der Waals surface area contributed by atoms with Gasteiger partial charge in [-0.15, -0.1) is 0 Å². The maximum absolute atomic E-state index is 10.1. The molecule has 0 aromatic rings. The predicted octanol–water partition coefficient (Wildman–Crippen LogP) is -1.60. The minimum atomic E-state index is -5.64. The van der Waals surface area contributed by atoms with E-state index in [0.717, 1.165) is 0 Å². The SMILES string of the molecule is O=P([O-])([O-])F.[Fe+2].[Na]. The number of hydrogen-bond acceptors (Lipinski definition) is 3. The summed E-state index contributed by atoms with van der Waals surface area (Å²) >= 11 is 0. The topological polar surface area (TPSA) is 63.2 Å². The van der Waals surface area contributed by atoms with Crippen LogP contribution in [0.4, 0.5) is 4.20 Å². The average Bonchev–Trinajstić information content (AvgIpc) is 0.722. The summed E-state index contributed by atoms with van der Waals surface area (Å²) in [6, 6.07) is 0. The van der Waals surface area contributed by atoms with E-state index in [1.807, 2.05) is 0 Å². The zero-order valence-electron chi connectivity index (χ0n) is 3.40. The molecule has 0 amide bonds. The molecule has 0 aromatic heterocycles. The van der Waals surface area contributed by atoms with E-state index in [1.165, 1.54) is 0 Å². The van der Waals surface area contributed by atoms with Crippen molar-refractivity contribution in [1.29, 1.82) is 0 Å². The van der Waals surface area contributed by atoms with Gasteiger partial charge in [0.25, 0.3) is 0 Å².